The van der Waals surface area contributed by atoms with Gasteiger partial charge in [0.2, 0.25) is 0 Å². The van der Waals surface area contributed by atoms with Gasteiger partial charge in [-0.2, -0.15) is 0 Å². The van der Waals surface area contributed by atoms with Crippen molar-refractivity contribution >= 4 is 17.3 Å². The van der Waals surface area contributed by atoms with Crippen molar-refractivity contribution < 1.29 is 29.2 Å². The van der Waals surface area contributed by atoms with Gasteiger partial charge < -0.3 is 14.6 Å². The Balaban J connectivity index is 2.58. The first-order valence-corrected chi connectivity index (χ1v) is 6.35. The predicted molar refractivity (Wildman–Crippen MR) is 79.8 cm³/mol. The zero-order valence-electron chi connectivity index (χ0n) is 12.2. The number of carboxylic acids is 1. The smallest absolute Gasteiger partial charge is 0.336 e. The quantitative estimate of drug-likeness (QED) is 0.627. The number of aromatic carboxylic acids is 1. The molecule has 0 bridgehead atoms. The van der Waals surface area contributed by atoms with Gasteiger partial charge in [-0.25, -0.2) is 4.79 Å². The Bertz CT molecular complexity index is 781. The molecule has 0 fully saturated rings. The number of nitro benzene ring substituents is 2. The van der Waals surface area contributed by atoms with Gasteiger partial charge in [0.15, 0.2) is 0 Å². The van der Waals surface area contributed by atoms with Gasteiger partial charge >= 0.3 is 17.3 Å². The van der Waals surface area contributed by atoms with E-state index in [4.69, 9.17) is 14.6 Å². The molecule has 0 aliphatic carbocycles. The summed E-state index contributed by atoms with van der Waals surface area (Å²) < 4.78 is 10.2. The average Bonchev–Trinajstić information content (AvgIpc) is 2.54. The summed E-state index contributed by atoms with van der Waals surface area (Å²) in [5.74, 6) is -1.60. The van der Waals surface area contributed by atoms with E-state index in [1.165, 1.54) is 31.4 Å². The van der Waals surface area contributed by atoms with Gasteiger partial charge in [-0.3, -0.25) is 20.2 Å². The maximum Gasteiger partial charge on any atom is 0.336 e. The van der Waals surface area contributed by atoms with E-state index >= 15 is 0 Å². The summed E-state index contributed by atoms with van der Waals surface area (Å²) in [7, 11) is 1.44. The summed E-state index contributed by atoms with van der Waals surface area (Å²) in [6.07, 6.45) is 0. The summed E-state index contributed by atoms with van der Waals surface area (Å²) in [5, 5.41) is 31.2. The first-order valence-electron chi connectivity index (χ1n) is 6.35. The standard InChI is InChI=1S/C14H10N2O8/c1-23-9-2-4-10(5-3-9)24-13-11(15(19)20)6-8(14(17)18)7-12(13)16(21)22/h2-7H,1H3,(H,17,18). The van der Waals surface area contributed by atoms with Gasteiger partial charge in [0.05, 0.1) is 22.5 Å². The molecule has 0 aromatic heterocycles. The van der Waals surface area contributed by atoms with Crippen molar-refractivity contribution in [1.82, 2.24) is 0 Å². The summed E-state index contributed by atoms with van der Waals surface area (Å²) in [5.41, 5.74) is -2.23. The molecule has 10 heteroatoms. The number of rotatable bonds is 6. The summed E-state index contributed by atoms with van der Waals surface area (Å²) >= 11 is 0. The molecule has 124 valence electrons. The van der Waals surface area contributed by atoms with E-state index < -0.39 is 38.5 Å². The molecule has 1 N–H and O–H groups in total. The second-order valence-corrected chi connectivity index (χ2v) is 4.44. The van der Waals surface area contributed by atoms with Crippen LogP contribution in [0.2, 0.25) is 0 Å². The summed E-state index contributed by atoms with van der Waals surface area (Å²) in [4.78, 5) is 31.4. The maximum atomic E-state index is 11.2. The van der Waals surface area contributed by atoms with Crippen LogP contribution in [0, 0.1) is 20.2 Å². The molecule has 2 aromatic carbocycles. The van der Waals surface area contributed by atoms with E-state index in [0.717, 1.165) is 0 Å². The van der Waals surface area contributed by atoms with Crippen LogP contribution in [-0.2, 0) is 0 Å². The zero-order chi connectivity index (χ0) is 17.9. The minimum atomic E-state index is -1.53. The van der Waals surface area contributed by atoms with Crippen LogP contribution in [-0.4, -0.2) is 28.0 Å². The lowest BCUT2D eigenvalue weighted by atomic mass is 10.1. The zero-order valence-corrected chi connectivity index (χ0v) is 12.2. The van der Waals surface area contributed by atoms with Gasteiger partial charge in [-0.15, -0.1) is 0 Å². The van der Waals surface area contributed by atoms with Gasteiger partial charge in [-0.05, 0) is 24.3 Å². The highest BCUT2D eigenvalue weighted by molar-refractivity contribution is 5.90. The third kappa shape index (κ3) is 3.38. The third-order valence-corrected chi connectivity index (χ3v) is 2.97. The van der Waals surface area contributed by atoms with Gasteiger partial charge in [0, 0.05) is 12.1 Å². The fourth-order valence-electron chi connectivity index (χ4n) is 1.86. The number of carbonyl (C=O) groups is 1. The van der Waals surface area contributed by atoms with Crippen LogP contribution >= 0.6 is 0 Å². The monoisotopic (exact) mass is 334 g/mol. The van der Waals surface area contributed by atoms with E-state index in [9.17, 15) is 25.0 Å². The molecule has 2 rings (SSSR count). The van der Waals surface area contributed by atoms with Crippen LogP contribution in [0.1, 0.15) is 10.4 Å². The topological polar surface area (TPSA) is 142 Å². The molecule has 0 spiro atoms. The Labute approximate surface area is 134 Å². The molecule has 2 aromatic rings. The Hall–Kier alpha value is -3.69. The minimum Gasteiger partial charge on any atom is -0.497 e. The van der Waals surface area contributed by atoms with E-state index in [0.29, 0.717) is 17.9 Å². The highest BCUT2D eigenvalue weighted by atomic mass is 16.6. The highest BCUT2D eigenvalue weighted by Crippen LogP contribution is 2.41. The Kier molecular flexibility index (Phi) is 4.59. The molecule has 0 amide bonds. The Morgan fingerprint density at radius 1 is 1.00 bits per heavy atom. The molecule has 10 nitrogen and oxygen atoms in total. The van der Waals surface area contributed by atoms with E-state index in [-0.39, 0.29) is 5.75 Å². The average molecular weight is 334 g/mol. The number of nitrogens with zero attached hydrogens (tertiary/aromatic N) is 2. The molecule has 0 radical (unpaired) electrons. The second-order valence-electron chi connectivity index (χ2n) is 4.44. The molecule has 0 heterocycles. The third-order valence-electron chi connectivity index (χ3n) is 2.97. The molecule has 0 unspecified atom stereocenters. The molecular formula is C14H10N2O8. The fourth-order valence-corrected chi connectivity index (χ4v) is 1.86. The molecule has 0 aliphatic rings. The van der Waals surface area contributed by atoms with Crippen molar-refractivity contribution in [1.29, 1.82) is 0 Å². The van der Waals surface area contributed by atoms with Crippen molar-refractivity contribution in [3.05, 3.63) is 62.2 Å². The molecule has 0 saturated carbocycles. The molecular weight excluding hydrogens is 324 g/mol. The predicted octanol–water partition coefficient (Wildman–Crippen LogP) is 3.00. The largest absolute Gasteiger partial charge is 0.497 e. The van der Waals surface area contributed by atoms with Gasteiger partial charge in [-0.1, -0.05) is 0 Å². The van der Waals surface area contributed by atoms with Crippen LogP contribution in [0.5, 0.6) is 17.2 Å². The number of hydrogen-bond donors (Lipinski definition) is 1. The van der Waals surface area contributed by atoms with Crippen molar-refractivity contribution in [2.75, 3.05) is 7.11 Å². The lowest BCUT2D eigenvalue weighted by Crippen LogP contribution is -2.04. The second kappa shape index (κ2) is 6.60. The summed E-state index contributed by atoms with van der Waals surface area (Å²) in [6, 6.07) is 7.20. The molecule has 0 aliphatic heterocycles. The van der Waals surface area contributed by atoms with Gasteiger partial charge in [0.25, 0.3) is 5.75 Å². The Morgan fingerprint density at radius 3 is 1.83 bits per heavy atom. The van der Waals surface area contributed by atoms with Crippen LogP contribution in [0.15, 0.2) is 36.4 Å². The number of ether oxygens (including phenoxy) is 2. The van der Waals surface area contributed by atoms with Crippen molar-refractivity contribution in [3.8, 4) is 17.2 Å². The summed E-state index contributed by atoms with van der Waals surface area (Å²) in [6.45, 7) is 0. The highest BCUT2D eigenvalue weighted by Gasteiger charge is 2.30. The van der Waals surface area contributed by atoms with Crippen LogP contribution in [0.3, 0.4) is 0 Å². The van der Waals surface area contributed by atoms with E-state index in [1.807, 2.05) is 0 Å². The maximum absolute atomic E-state index is 11.2. The first-order chi connectivity index (χ1) is 11.3. The Morgan fingerprint density at radius 2 is 1.46 bits per heavy atom. The van der Waals surface area contributed by atoms with Crippen LogP contribution < -0.4 is 9.47 Å². The van der Waals surface area contributed by atoms with Gasteiger partial charge in [0.1, 0.15) is 11.5 Å². The van der Waals surface area contributed by atoms with E-state index in [1.54, 1.807) is 0 Å². The normalized spacial score (nSPS) is 10.0. The lowest BCUT2D eigenvalue weighted by Gasteiger charge is -2.08. The number of hydrogen-bond acceptors (Lipinski definition) is 7. The number of nitro groups is 2. The molecule has 0 saturated heterocycles. The number of carboxylic acid groups (broad SMARTS) is 1. The number of benzene rings is 2. The SMILES string of the molecule is COc1ccc(Oc2c([N+](=O)[O-])cc(C(=O)O)cc2[N+](=O)[O-])cc1. The first kappa shape index (κ1) is 16.7. The lowest BCUT2D eigenvalue weighted by molar-refractivity contribution is -0.395. The minimum absolute atomic E-state index is 0.0880. The van der Waals surface area contributed by atoms with E-state index in [2.05, 4.69) is 0 Å². The van der Waals surface area contributed by atoms with Crippen molar-refractivity contribution in [3.63, 3.8) is 0 Å². The van der Waals surface area contributed by atoms with Crippen LogP contribution in [0.4, 0.5) is 11.4 Å². The van der Waals surface area contributed by atoms with Crippen molar-refractivity contribution in [2.24, 2.45) is 0 Å². The molecule has 0 atom stereocenters. The number of methoxy groups -OCH3 is 1. The van der Waals surface area contributed by atoms with Crippen LogP contribution in [0.25, 0.3) is 0 Å². The van der Waals surface area contributed by atoms with Crippen molar-refractivity contribution in [2.45, 2.75) is 0 Å². The fraction of sp³-hybridized carbons (Fsp3) is 0.0714. The molecule has 24 heavy (non-hydrogen) atoms.